The molecule has 1 fully saturated rings. The summed E-state index contributed by atoms with van der Waals surface area (Å²) < 4.78 is 27.3. The van der Waals surface area contributed by atoms with Crippen LogP contribution in [0.2, 0.25) is 0 Å². The fourth-order valence-corrected chi connectivity index (χ4v) is 4.06. The third kappa shape index (κ3) is 4.41. The standard InChI is InChI=1S/C16H24F2N2S/c1-3-7-19-14(15-11-21-9-8-20(15)2)10-12-5-4-6-13(17)16(12)18/h4-6,14-15,19H,3,7-11H2,1-2H3. The van der Waals surface area contributed by atoms with Crippen LogP contribution in [0.3, 0.4) is 0 Å². The van der Waals surface area contributed by atoms with Gasteiger partial charge >= 0.3 is 0 Å². The lowest BCUT2D eigenvalue weighted by molar-refractivity contribution is 0.212. The second-order valence-corrected chi connectivity index (χ2v) is 6.75. The van der Waals surface area contributed by atoms with Crippen molar-refractivity contribution in [3.63, 3.8) is 0 Å². The maximum Gasteiger partial charge on any atom is 0.162 e. The number of nitrogens with zero attached hydrogens (tertiary/aromatic N) is 1. The lowest BCUT2D eigenvalue weighted by Crippen LogP contribution is -2.54. The molecule has 1 aliphatic rings. The molecule has 1 aromatic rings. The molecule has 1 N–H and O–H groups in total. The van der Waals surface area contributed by atoms with Crippen molar-refractivity contribution in [2.45, 2.75) is 31.8 Å². The van der Waals surface area contributed by atoms with Gasteiger partial charge in [0.15, 0.2) is 11.6 Å². The summed E-state index contributed by atoms with van der Waals surface area (Å²) in [5.74, 6) is 0.719. The van der Waals surface area contributed by atoms with Crippen molar-refractivity contribution in [1.82, 2.24) is 10.2 Å². The highest BCUT2D eigenvalue weighted by atomic mass is 32.2. The molecular formula is C16H24F2N2S. The maximum atomic E-state index is 13.9. The molecule has 0 aromatic heterocycles. The summed E-state index contributed by atoms with van der Waals surface area (Å²) >= 11 is 1.94. The maximum absolute atomic E-state index is 13.9. The largest absolute Gasteiger partial charge is 0.312 e. The number of hydrogen-bond donors (Lipinski definition) is 1. The first-order valence-electron chi connectivity index (χ1n) is 7.57. The molecule has 0 bridgehead atoms. The van der Waals surface area contributed by atoms with E-state index >= 15 is 0 Å². The van der Waals surface area contributed by atoms with E-state index in [0.717, 1.165) is 31.0 Å². The Balaban J connectivity index is 2.13. The van der Waals surface area contributed by atoms with Crippen molar-refractivity contribution in [2.75, 3.05) is 31.6 Å². The van der Waals surface area contributed by atoms with E-state index in [2.05, 4.69) is 24.2 Å². The summed E-state index contributed by atoms with van der Waals surface area (Å²) in [4.78, 5) is 2.33. The van der Waals surface area contributed by atoms with Crippen LogP contribution >= 0.6 is 11.8 Å². The number of rotatable bonds is 6. The van der Waals surface area contributed by atoms with Crippen LogP contribution in [-0.2, 0) is 6.42 Å². The SMILES string of the molecule is CCCNC(Cc1cccc(F)c1F)C1CSCCN1C. The van der Waals surface area contributed by atoms with Crippen molar-refractivity contribution in [3.05, 3.63) is 35.4 Å². The Bertz CT molecular complexity index is 456. The van der Waals surface area contributed by atoms with Gasteiger partial charge in [-0.05, 0) is 38.1 Å². The lowest BCUT2D eigenvalue weighted by Gasteiger charge is -2.38. The number of thioether (sulfide) groups is 1. The quantitative estimate of drug-likeness (QED) is 0.869. The fourth-order valence-electron chi connectivity index (χ4n) is 2.75. The van der Waals surface area contributed by atoms with Crippen LogP contribution in [0.1, 0.15) is 18.9 Å². The first kappa shape index (κ1) is 16.7. The zero-order valence-electron chi connectivity index (χ0n) is 12.7. The average Bonchev–Trinajstić information content (AvgIpc) is 2.48. The topological polar surface area (TPSA) is 15.3 Å². The van der Waals surface area contributed by atoms with E-state index < -0.39 is 11.6 Å². The molecule has 0 aliphatic carbocycles. The Labute approximate surface area is 130 Å². The molecule has 1 heterocycles. The summed E-state index contributed by atoms with van der Waals surface area (Å²) in [6, 6.07) is 4.96. The summed E-state index contributed by atoms with van der Waals surface area (Å²) in [5.41, 5.74) is 0.465. The van der Waals surface area contributed by atoms with E-state index in [4.69, 9.17) is 0 Å². The van der Waals surface area contributed by atoms with Gasteiger partial charge in [-0.2, -0.15) is 11.8 Å². The lowest BCUT2D eigenvalue weighted by atomic mass is 9.98. The second kappa shape index (κ2) is 8.11. The molecule has 5 heteroatoms. The van der Waals surface area contributed by atoms with Gasteiger partial charge in [0.1, 0.15) is 0 Å². The molecule has 0 saturated carbocycles. The van der Waals surface area contributed by atoms with Crippen LogP contribution in [0.4, 0.5) is 8.78 Å². The number of benzene rings is 1. The molecule has 1 saturated heterocycles. The summed E-state index contributed by atoms with van der Waals surface area (Å²) in [6.07, 6.45) is 1.56. The first-order chi connectivity index (χ1) is 10.1. The monoisotopic (exact) mass is 314 g/mol. The molecule has 1 aliphatic heterocycles. The highest BCUT2D eigenvalue weighted by Gasteiger charge is 2.28. The molecule has 2 unspecified atom stereocenters. The van der Waals surface area contributed by atoms with Gasteiger partial charge in [0.2, 0.25) is 0 Å². The van der Waals surface area contributed by atoms with E-state index in [0.29, 0.717) is 18.0 Å². The third-order valence-corrected chi connectivity index (χ3v) is 5.08. The normalized spacial score (nSPS) is 21.4. The van der Waals surface area contributed by atoms with Gasteiger partial charge in [0, 0.05) is 30.1 Å². The first-order valence-corrected chi connectivity index (χ1v) is 8.73. The van der Waals surface area contributed by atoms with Crippen LogP contribution < -0.4 is 5.32 Å². The second-order valence-electron chi connectivity index (χ2n) is 5.60. The Morgan fingerprint density at radius 3 is 2.95 bits per heavy atom. The smallest absolute Gasteiger partial charge is 0.162 e. The molecule has 0 spiro atoms. The Hall–Kier alpha value is -0.650. The van der Waals surface area contributed by atoms with Gasteiger partial charge in [-0.1, -0.05) is 19.1 Å². The zero-order valence-corrected chi connectivity index (χ0v) is 13.6. The van der Waals surface area contributed by atoms with Gasteiger partial charge in [-0.25, -0.2) is 8.78 Å². The van der Waals surface area contributed by atoms with Gasteiger partial charge < -0.3 is 10.2 Å². The Morgan fingerprint density at radius 1 is 1.43 bits per heavy atom. The fraction of sp³-hybridized carbons (Fsp3) is 0.625. The molecule has 2 rings (SSSR count). The van der Waals surface area contributed by atoms with E-state index in [9.17, 15) is 8.78 Å². The van der Waals surface area contributed by atoms with E-state index in [1.165, 1.54) is 6.07 Å². The van der Waals surface area contributed by atoms with E-state index in [1.54, 1.807) is 12.1 Å². The molecule has 2 nitrogen and oxygen atoms in total. The van der Waals surface area contributed by atoms with Gasteiger partial charge in [-0.15, -0.1) is 0 Å². The summed E-state index contributed by atoms with van der Waals surface area (Å²) in [5, 5.41) is 3.52. The molecule has 0 amide bonds. The third-order valence-electron chi connectivity index (χ3n) is 4.04. The van der Waals surface area contributed by atoms with Gasteiger partial charge in [0.25, 0.3) is 0 Å². The Kier molecular flexibility index (Phi) is 6.45. The Morgan fingerprint density at radius 2 is 2.24 bits per heavy atom. The highest BCUT2D eigenvalue weighted by molar-refractivity contribution is 7.99. The molecular weight excluding hydrogens is 290 g/mol. The van der Waals surface area contributed by atoms with Crippen LogP contribution in [0, 0.1) is 11.6 Å². The van der Waals surface area contributed by atoms with Crippen LogP contribution in [0.25, 0.3) is 0 Å². The van der Waals surface area contributed by atoms with Crippen molar-refractivity contribution in [3.8, 4) is 0 Å². The molecule has 1 aromatic carbocycles. The van der Waals surface area contributed by atoms with E-state index in [-0.39, 0.29) is 6.04 Å². The van der Waals surface area contributed by atoms with Gasteiger partial charge in [0.05, 0.1) is 0 Å². The predicted octanol–water partition coefficient (Wildman–Crippen LogP) is 2.92. The highest BCUT2D eigenvalue weighted by Crippen LogP contribution is 2.21. The number of halogens is 2. The average molecular weight is 314 g/mol. The van der Waals surface area contributed by atoms with Crippen LogP contribution in [-0.4, -0.2) is 48.6 Å². The van der Waals surface area contributed by atoms with Crippen LogP contribution in [0.15, 0.2) is 18.2 Å². The van der Waals surface area contributed by atoms with Crippen molar-refractivity contribution in [2.24, 2.45) is 0 Å². The zero-order chi connectivity index (χ0) is 15.2. The minimum absolute atomic E-state index is 0.152. The van der Waals surface area contributed by atoms with Crippen molar-refractivity contribution < 1.29 is 8.78 Å². The molecule has 21 heavy (non-hydrogen) atoms. The minimum Gasteiger partial charge on any atom is -0.312 e. The number of nitrogens with one attached hydrogen (secondary N) is 1. The minimum atomic E-state index is -0.756. The van der Waals surface area contributed by atoms with Gasteiger partial charge in [-0.3, -0.25) is 0 Å². The summed E-state index contributed by atoms with van der Waals surface area (Å²) in [7, 11) is 2.12. The van der Waals surface area contributed by atoms with E-state index in [1.807, 2.05) is 11.8 Å². The van der Waals surface area contributed by atoms with Crippen molar-refractivity contribution >= 4 is 11.8 Å². The molecule has 2 atom stereocenters. The number of hydrogen-bond acceptors (Lipinski definition) is 3. The predicted molar refractivity (Wildman–Crippen MR) is 85.9 cm³/mol. The molecule has 118 valence electrons. The number of likely N-dealkylation sites (N-methyl/N-ethyl adjacent to an activating group) is 1. The summed E-state index contributed by atoms with van der Waals surface area (Å²) in [6.45, 7) is 4.06. The van der Waals surface area contributed by atoms with Crippen LogP contribution in [0.5, 0.6) is 0 Å². The van der Waals surface area contributed by atoms with Crippen molar-refractivity contribution in [1.29, 1.82) is 0 Å². The molecule has 0 radical (unpaired) electrons.